The first-order valence-corrected chi connectivity index (χ1v) is 8.45. The van der Waals surface area contributed by atoms with Crippen molar-refractivity contribution in [1.82, 2.24) is 0 Å². The highest BCUT2D eigenvalue weighted by molar-refractivity contribution is 6.22. The quantitative estimate of drug-likeness (QED) is 0.670. The Labute approximate surface area is 143 Å². The normalized spacial score (nSPS) is 12.6. The third-order valence-electron chi connectivity index (χ3n) is 4.22. The summed E-state index contributed by atoms with van der Waals surface area (Å²) in [7, 11) is 0. The van der Waals surface area contributed by atoms with E-state index in [-0.39, 0.29) is 18.0 Å². The number of rotatable bonds is 4. The second-order valence-corrected chi connectivity index (χ2v) is 6.99. The number of aryl methyl sites for hydroxylation is 2. The van der Waals surface area contributed by atoms with Gasteiger partial charge < -0.3 is 9.47 Å². The smallest absolute Gasteiger partial charge is 0.194 e. The first-order chi connectivity index (χ1) is 11.3. The number of carbonyl (C=O) groups excluding carboxylic acids is 1. The Bertz CT molecular complexity index is 816. The zero-order chi connectivity index (χ0) is 17.6. The van der Waals surface area contributed by atoms with Crippen molar-refractivity contribution in [3.8, 4) is 22.6 Å². The predicted molar refractivity (Wildman–Crippen MR) is 96.3 cm³/mol. The molecule has 0 radical (unpaired) electrons. The number of ketones is 1. The number of hydrogen-bond donors (Lipinski definition) is 0. The van der Waals surface area contributed by atoms with Gasteiger partial charge in [-0.2, -0.15) is 0 Å². The molecule has 0 heterocycles. The summed E-state index contributed by atoms with van der Waals surface area (Å²) in [6.45, 7) is 12.0. The molecule has 0 spiro atoms. The summed E-state index contributed by atoms with van der Waals surface area (Å²) in [5.41, 5.74) is 5.70. The summed E-state index contributed by atoms with van der Waals surface area (Å²) in [6.07, 6.45) is 0.0508. The number of fused-ring (bicyclic) bond motifs is 3. The van der Waals surface area contributed by atoms with Crippen LogP contribution in [-0.4, -0.2) is 18.0 Å². The summed E-state index contributed by atoms with van der Waals surface area (Å²) in [5, 5.41) is 0. The second kappa shape index (κ2) is 5.97. The van der Waals surface area contributed by atoms with E-state index in [1.54, 1.807) is 0 Å². The van der Waals surface area contributed by atoms with E-state index >= 15 is 0 Å². The number of ether oxygens (including phenoxy) is 2. The van der Waals surface area contributed by atoms with Gasteiger partial charge in [0.25, 0.3) is 0 Å². The van der Waals surface area contributed by atoms with Crippen LogP contribution >= 0.6 is 0 Å². The van der Waals surface area contributed by atoms with Crippen LogP contribution in [0.25, 0.3) is 11.1 Å². The van der Waals surface area contributed by atoms with Crippen molar-refractivity contribution in [2.75, 3.05) is 0 Å². The fraction of sp³-hybridized carbons (Fsp3) is 0.381. The van der Waals surface area contributed by atoms with Crippen LogP contribution in [0.4, 0.5) is 0 Å². The van der Waals surface area contributed by atoms with E-state index in [1.807, 2.05) is 52.8 Å². The van der Waals surface area contributed by atoms with E-state index < -0.39 is 0 Å². The zero-order valence-electron chi connectivity index (χ0n) is 15.2. The van der Waals surface area contributed by atoms with Gasteiger partial charge in [0, 0.05) is 11.1 Å². The van der Waals surface area contributed by atoms with Crippen LogP contribution in [0.3, 0.4) is 0 Å². The molecule has 0 fully saturated rings. The molecule has 1 aliphatic rings. The molecule has 0 amide bonds. The molecule has 3 nitrogen and oxygen atoms in total. The van der Waals surface area contributed by atoms with E-state index in [0.29, 0.717) is 17.1 Å². The van der Waals surface area contributed by atoms with Crippen molar-refractivity contribution in [1.29, 1.82) is 0 Å². The molecule has 0 aliphatic heterocycles. The van der Waals surface area contributed by atoms with Crippen molar-refractivity contribution < 1.29 is 14.3 Å². The van der Waals surface area contributed by atoms with Crippen LogP contribution in [-0.2, 0) is 0 Å². The Kier molecular flexibility index (Phi) is 4.12. The summed E-state index contributed by atoms with van der Waals surface area (Å²) in [6, 6.07) is 7.86. The van der Waals surface area contributed by atoms with Gasteiger partial charge in [-0.05, 0) is 82.0 Å². The van der Waals surface area contributed by atoms with Crippen molar-refractivity contribution >= 4 is 5.78 Å². The van der Waals surface area contributed by atoms with Gasteiger partial charge in [-0.1, -0.05) is 6.07 Å². The molecular weight excluding hydrogens is 300 g/mol. The Hall–Kier alpha value is -2.29. The molecular formula is C21H24O3. The standard InChI is InChI=1S/C21H24O3/c1-11(2)23-19-9-16-15-7-13(5)14(6)8-17(15)21(22)18(16)10-20(19)24-12(3)4/h7-12H,1-6H3. The minimum atomic E-state index is 0.0148. The zero-order valence-corrected chi connectivity index (χ0v) is 15.2. The van der Waals surface area contributed by atoms with Crippen molar-refractivity contribution in [2.24, 2.45) is 0 Å². The molecule has 0 saturated carbocycles. The largest absolute Gasteiger partial charge is 0.487 e. The maximum atomic E-state index is 12.8. The third-order valence-corrected chi connectivity index (χ3v) is 4.22. The Balaban J connectivity index is 2.19. The minimum absolute atomic E-state index is 0.0148. The van der Waals surface area contributed by atoms with Crippen LogP contribution in [0, 0.1) is 13.8 Å². The minimum Gasteiger partial charge on any atom is -0.487 e. The van der Waals surface area contributed by atoms with Crippen LogP contribution < -0.4 is 9.47 Å². The van der Waals surface area contributed by atoms with Gasteiger partial charge in [0.1, 0.15) is 0 Å². The van der Waals surface area contributed by atoms with E-state index in [2.05, 4.69) is 13.0 Å². The van der Waals surface area contributed by atoms with Crippen molar-refractivity contribution in [3.05, 3.63) is 46.5 Å². The van der Waals surface area contributed by atoms with Gasteiger partial charge in [-0.25, -0.2) is 0 Å². The van der Waals surface area contributed by atoms with E-state index in [9.17, 15) is 4.79 Å². The molecule has 126 valence electrons. The molecule has 0 saturated heterocycles. The van der Waals surface area contributed by atoms with Gasteiger partial charge in [-0.3, -0.25) is 4.79 Å². The molecule has 0 N–H and O–H groups in total. The molecule has 0 atom stereocenters. The van der Waals surface area contributed by atoms with E-state index in [4.69, 9.17) is 9.47 Å². The van der Waals surface area contributed by atoms with Gasteiger partial charge >= 0.3 is 0 Å². The van der Waals surface area contributed by atoms with Gasteiger partial charge in [0.05, 0.1) is 12.2 Å². The highest BCUT2D eigenvalue weighted by Crippen LogP contribution is 2.44. The molecule has 2 aromatic rings. The van der Waals surface area contributed by atoms with Crippen molar-refractivity contribution in [2.45, 2.75) is 53.8 Å². The lowest BCUT2D eigenvalue weighted by Gasteiger charge is -2.18. The second-order valence-electron chi connectivity index (χ2n) is 6.99. The van der Waals surface area contributed by atoms with Gasteiger partial charge in [0.15, 0.2) is 17.3 Å². The lowest BCUT2D eigenvalue weighted by atomic mass is 9.99. The Morgan fingerprint density at radius 1 is 0.667 bits per heavy atom. The summed E-state index contributed by atoms with van der Waals surface area (Å²) >= 11 is 0. The first kappa shape index (κ1) is 16.6. The SMILES string of the molecule is Cc1cc2c(cc1C)-c1cc(OC(C)C)c(OC(C)C)cc1C2=O. The number of benzene rings is 2. The third kappa shape index (κ3) is 2.79. The fourth-order valence-electron chi connectivity index (χ4n) is 3.03. The average molecular weight is 324 g/mol. The topological polar surface area (TPSA) is 35.5 Å². The molecule has 3 heteroatoms. The maximum absolute atomic E-state index is 12.8. The molecule has 1 aliphatic carbocycles. The number of carbonyl (C=O) groups is 1. The Morgan fingerprint density at radius 2 is 1.04 bits per heavy atom. The highest BCUT2D eigenvalue weighted by atomic mass is 16.5. The van der Waals surface area contributed by atoms with Crippen LogP contribution in [0.1, 0.15) is 54.7 Å². The Morgan fingerprint density at radius 3 is 1.54 bits per heavy atom. The molecule has 24 heavy (non-hydrogen) atoms. The molecule has 3 rings (SSSR count). The first-order valence-electron chi connectivity index (χ1n) is 8.45. The van der Waals surface area contributed by atoms with E-state index in [0.717, 1.165) is 22.3 Å². The maximum Gasteiger partial charge on any atom is 0.194 e. The van der Waals surface area contributed by atoms with Crippen LogP contribution in [0.15, 0.2) is 24.3 Å². The summed E-state index contributed by atoms with van der Waals surface area (Å²) in [4.78, 5) is 12.8. The lowest BCUT2D eigenvalue weighted by Crippen LogP contribution is -2.11. The monoisotopic (exact) mass is 324 g/mol. The van der Waals surface area contributed by atoms with E-state index in [1.165, 1.54) is 5.56 Å². The van der Waals surface area contributed by atoms with Crippen LogP contribution in [0.2, 0.25) is 0 Å². The van der Waals surface area contributed by atoms with Gasteiger partial charge in [-0.15, -0.1) is 0 Å². The highest BCUT2D eigenvalue weighted by Gasteiger charge is 2.30. The summed E-state index contributed by atoms with van der Waals surface area (Å²) in [5.74, 6) is 1.39. The molecule has 0 unspecified atom stereocenters. The molecule has 2 aromatic carbocycles. The van der Waals surface area contributed by atoms with Crippen LogP contribution in [0.5, 0.6) is 11.5 Å². The fourth-order valence-corrected chi connectivity index (χ4v) is 3.03. The van der Waals surface area contributed by atoms with Gasteiger partial charge in [0.2, 0.25) is 0 Å². The molecule has 0 aromatic heterocycles. The summed E-state index contributed by atoms with van der Waals surface area (Å²) < 4.78 is 11.8. The molecule has 0 bridgehead atoms. The van der Waals surface area contributed by atoms with Crippen molar-refractivity contribution in [3.63, 3.8) is 0 Å². The lowest BCUT2D eigenvalue weighted by molar-refractivity contribution is 0.104. The predicted octanol–water partition coefficient (Wildman–Crippen LogP) is 5.09. The average Bonchev–Trinajstić information content (AvgIpc) is 2.72. The number of hydrogen-bond acceptors (Lipinski definition) is 3.